The summed E-state index contributed by atoms with van der Waals surface area (Å²) in [4.78, 5) is 26.4. The quantitative estimate of drug-likeness (QED) is 0.866. The summed E-state index contributed by atoms with van der Waals surface area (Å²) in [5, 5.41) is 3.36. The van der Waals surface area contributed by atoms with Crippen molar-refractivity contribution >= 4 is 23.5 Å². The van der Waals surface area contributed by atoms with Crippen molar-refractivity contribution in [1.82, 2.24) is 10.2 Å². The largest absolute Gasteiger partial charge is 0.497 e. The number of halogens is 1. The molecular weight excluding hydrogens is 328 g/mol. The number of rotatable bonds is 4. The number of amides is 3. The van der Waals surface area contributed by atoms with Crippen molar-refractivity contribution in [3.8, 4) is 5.75 Å². The minimum absolute atomic E-state index is 0.206. The van der Waals surface area contributed by atoms with Crippen LogP contribution < -0.4 is 10.1 Å². The van der Waals surface area contributed by atoms with Crippen LogP contribution in [0.1, 0.15) is 18.1 Å². The van der Waals surface area contributed by atoms with Gasteiger partial charge in [0.1, 0.15) is 11.3 Å². The van der Waals surface area contributed by atoms with Crippen molar-refractivity contribution in [3.05, 3.63) is 64.7 Å². The first kappa shape index (κ1) is 16.3. The molecule has 5 nitrogen and oxygen atoms in total. The van der Waals surface area contributed by atoms with E-state index in [1.165, 1.54) is 4.90 Å². The molecule has 6 heteroatoms. The fourth-order valence-corrected chi connectivity index (χ4v) is 2.86. The highest BCUT2D eigenvalue weighted by molar-refractivity contribution is 6.30. The van der Waals surface area contributed by atoms with Crippen molar-refractivity contribution in [2.45, 2.75) is 19.0 Å². The maximum Gasteiger partial charge on any atom is 0.325 e. The molecule has 1 heterocycles. The molecule has 1 aliphatic heterocycles. The summed E-state index contributed by atoms with van der Waals surface area (Å²) in [6.45, 7) is 1.91. The molecule has 1 unspecified atom stereocenters. The Kier molecular flexibility index (Phi) is 4.20. The van der Waals surface area contributed by atoms with Gasteiger partial charge in [0.2, 0.25) is 0 Å². The van der Waals surface area contributed by atoms with Gasteiger partial charge in [-0.05, 0) is 42.3 Å². The summed E-state index contributed by atoms with van der Waals surface area (Å²) in [6.07, 6.45) is 0. The van der Waals surface area contributed by atoms with Gasteiger partial charge < -0.3 is 10.1 Å². The fourth-order valence-electron chi connectivity index (χ4n) is 2.73. The Balaban J connectivity index is 1.84. The third kappa shape index (κ3) is 2.83. The average molecular weight is 345 g/mol. The van der Waals surface area contributed by atoms with Gasteiger partial charge >= 0.3 is 6.03 Å². The van der Waals surface area contributed by atoms with Crippen molar-refractivity contribution in [2.75, 3.05) is 7.11 Å². The molecule has 0 saturated carbocycles. The van der Waals surface area contributed by atoms with Gasteiger partial charge in [-0.25, -0.2) is 4.79 Å². The van der Waals surface area contributed by atoms with E-state index < -0.39 is 11.6 Å². The number of benzene rings is 2. The van der Waals surface area contributed by atoms with Crippen molar-refractivity contribution < 1.29 is 14.3 Å². The third-order valence-electron chi connectivity index (χ3n) is 4.20. The first-order valence-electron chi connectivity index (χ1n) is 7.47. The van der Waals surface area contributed by atoms with Gasteiger partial charge in [0, 0.05) is 5.02 Å². The molecule has 3 amide bonds. The van der Waals surface area contributed by atoms with Crippen LogP contribution in [0.15, 0.2) is 48.5 Å². The molecule has 2 aromatic carbocycles. The lowest BCUT2D eigenvalue weighted by Crippen LogP contribution is -2.40. The second-order valence-corrected chi connectivity index (χ2v) is 6.24. The molecule has 1 saturated heterocycles. The highest BCUT2D eigenvalue weighted by atomic mass is 35.5. The zero-order valence-corrected chi connectivity index (χ0v) is 14.1. The number of methoxy groups -OCH3 is 1. The molecule has 124 valence electrons. The normalized spacial score (nSPS) is 20.2. The molecule has 0 aromatic heterocycles. The SMILES string of the molecule is COc1ccc(CN2C(=O)NC(C)(c3ccc(Cl)cc3)C2=O)cc1. The summed E-state index contributed by atoms with van der Waals surface area (Å²) in [5.74, 6) is 0.438. The first-order chi connectivity index (χ1) is 11.4. The number of nitrogens with one attached hydrogen (secondary N) is 1. The van der Waals surface area contributed by atoms with Crippen LogP contribution in [-0.2, 0) is 16.9 Å². The Hall–Kier alpha value is -2.53. The van der Waals surface area contributed by atoms with Crippen molar-refractivity contribution in [1.29, 1.82) is 0 Å². The van der Waals surface area contributed by atoms with Crippen LogP contribution in [-0.4, -0.2) is 23.9 Å². The summed E-state index contributed by atoms with van der Waals surface area (Å²) in [6, 6.07) is 13.7. The molecule has 0 spiro atoms. The molecule has 2 aromatic rings. The molecule has 1 aliphatic rings. The van der Waals surface area contributed by atoms with Gasteiger partial charge in [-0.2, -0.15) is 0 Å². The molecule has 0 radical (unpaired) electrons. The molecule has 24 heavy (non-hydrogen) atoms. The summed E-state index contributed by atoms with van der Waals surface area (Å²) in [7, 11) is 1.59. The first-order valence-corrected chi connectivity index (χ1v) is 7.85. The van der Waals surface area contributed by atoms with Crippen LogP contribution in [0.2, 0.25) is 5.02 Å². The van der Waals surface area contributed by atoms with Crippen LogP contribution in [0.4, 0.5) is 4.79 Å². The summed E-state index contributed by atoms with van der Waals surface area (Å²) >= 11 is 5.90. The number of hydrogen-bond acceptors (Lipinski definition) is 3. The molecule has 1 N–H and O–H groups in total. The maximum absolute atomic E-state index is 12.8. The summed E-state index contributed by atoms with van der Waals surface area (Å²) in [5.41, 5.74) is 0.455. The highest BCUT2D eigenvalue weighted by Crippen LogP contribution is 2.30. The van der Waals surface area contributed by atoms with E-state index in [2.05, 4.69) is 5.32 Å². The Bertz CT molecular complexity index is 774. The number of hydrogen-bond donors (Lipinski definition) is 1. The predicted octanol–water partition coefficient (Wildman–Crippen LogP) is 3.32. The lowest BCUT2D eigenvalue weighted by molar-refractivity contribution is -0.131. The molecule has 3 rings (SSSR count). The van der Waals surface area contributed by atoms with E-state index in [0.29, 0.717) is 10.6 Å². The number of carbonyl (C=O) groups excluding carboxylic acids is 2. The van der Waals surface area contributed by atoms with E-state index in [4.69, 9.17) is 16.3 Å². The van der Waals surface area contributed by atoms with E-state index in [-0.39, 0.29) is 12.5 Å². The molecule has 0 aliphatic carbocycles. The van der Waals surface area contributed by atoms with E-state index in [0.717, 1.165) is 11.3 Å². The smallest absolute Gasteiger partial charge is 0.325 e. The minimum atomic E-state index is -1.09. The van der Waals surface area contributed by atoms with Crippen LogP contribution in [0.5, 0.6) is 5.75 Å². The van der Waals surface area contributed by atoms with Crippen molar-refractivity contribution in [2.24, 2.45) is 0 Å². The van der Waals surface area contributed by atoms with E-state index >= 15 is 0 Å². The monoisotopic (exact) mass is 344 g/mol. The van der Waals surface area contributed by atoms with Crippen molar-refractivity contribution in [3.63, 3.8) is 0 Å². The maximum atomic E-state index is 12.8. The molecule has 0 bridgehead atoms. The Morgan fingerprint density at radius 1 is 1.08 bits per heavy atom. The number of carbonyl (C=O) groups is 2. The van der Waals surface area contributed by atoms with Gasteiger partial charge in [-0.1, -0.05) is 35.9 Å². The van der Waals surface area contributed by atoms with Crippen LogP contribution in [0.25, 0.3) is 0 Å². The summed E-state index contributed by atoms with van der Waals surface area (Å²) < 4.78 is 5.11. The molecule has 1 atom stereocenters. The zero-order valence-electron chi connectivity index (χ0n) is 13.4. The third-order valence-corrected chi connectivity index (χ3v) is 4.45. The van der Waals surface area contributed by atoms with E-state index in [1.54, 1.807) is 50.4 Å². The fraction of sp³-hybridized carbons (Fsp3) is 0.222. The van der Waals surface area contributed by atoms with Gasteiger partial charge in [0.15, 0.2) is 0 Å². The van der Waals surface area contributed by atoms with Gasteiger partial charge in [-0.15, -0.1) is 0 Å². The lowest BCUT2D eigenvalue weighted by atomic mass is 9.92. The van der Waals surface area contributed by atoms with Gasteiger partial charge in [-0.3, -0.25) is 9.69 Å². The second-order valence-electron chi connectivity index (χ2n) is 5.80. The topological polar surface area (TPSA) is 58.6 Å². The number of nitrogens with zero attached hydrogens (tertiary/aromatic N) is 1. The number of imide groups is 1. The van der Waals surface area contributed by atoms with Crippen LogP contribution in [0, 0.1) is 0 Å². The lowest BCUT2D eigenvalue weighted by Gasteiger charge is -2.22. The number of urea groups is 1. The number of ether oxygens (including phenoxy) is 1. The van der Waals surface area contributed by atoms with E-state index in [9.17, 15) is 9.59 Å². The second kappa shape index (κ2) is 6.17. The minimum Gasteiger partial charge on any atom is -0.497 e. The van der Waals surface area contributed by atoms with Crippen LogP contribution >= 0.6 is 11.6 Å². The zero-order chi connectivity index (χ0) is 17.3. The van der Waals surface area contributed by atoms with Gasteiger partial charge in [0.05, 0.1) is 13.7 Å². The van der Waals surface area contributed by atoms with E-state index in [1.807, 2.05) is 12.1 Å². The standard InChI is InChI=1S/C18H17ClN2O3/c1-18(13-5-7-14(19)8-6-13)16(22)21(17(23)20-18)11-12-3-9-15(24-2)10-4-12/h3-10H,11H2,1-2H3,(H,20,23). The molecular formula is C18H17ClN2O3. The average Bonchev–Trinajstić information content (AvgIpc) is 2.80. The molecule has 1 fully saturated rings. The van der Waals surface area contributed by atoms with Crippen LogP contribution in [0.3, 0.4) is 0 Å². The highest BCUT2D eigenvalue weighted by Gasteiger charge is 2.48. The Morgan fingerprint density at radius 3 is 2.29 bits per heavy atom. The Labute approximate surface area is 145 Å². The predicted molar refractivity (Wildman–Crippen MR) is 90.9 cm³/mol. The Morgan fingerprint density at radius 2 is 1.71 bits per heavy atom. The van der Waals surface area contributed by atoms with Gasteiger partial charge in [0.25, 0.3) is 5.91 Å².